The van der Waals surface area contributed by atoms with Crippen LogP contribution in [0.25, 0.3) is 10.2 Å². The highest BCUT2D eigenvalue weighted by Gasteiger charge is 2.25. The lowest BCUT2D eigenvalue weighted by Crippen LogP contribution is -2.30. The Morgan fingerprint density at radius 2 is 1.53 bits per heavy atom. The van der Waals surface area contributed by atoms with E-state index in [0.717, 1.165) is 23.0 Å². The second-order valence-corrected chi connectivity index (χ2v) is 11.4. The number of thiazole rings is 1. The Kier molecular flexibility index (Phi) is 6.92. The molecule has 5 rings (SSSR count). The minimum absolute atomic E-state index is 0.0209. The predicted octanol–water partition coefficient (Wildman–Crippen LogP) is 6.25. The molecule has 38 heavy (non-hydrogen) atoms. The van der Waals surface area contributed by atoms with Gasteiger partial charge in [-0.3, -0.25) is 14.0 Å². The molecule has 10 heteroatoms. The van der Waals surface area contributed by atoms with Crippen molar-refractivity contribution in [2.24, 2.45) is 0 Å². The maximum atomic E-state index is 14.4. The highest BCUT2D eigenvalue weighted by Crippen LogP contribution is 2.33. The van der Waals surface area contributed by atoms with Gasteiger partial charge in [-0.2, -0.15) is 0 Å². The van der Waals surface area contributed by atoms with Gasteiger partial charge in [-0.15, -0.1) is 0 Å². The van der Waals surface area contributed by atoms with Gasteiger partial charge in [0.25, 0.3) is 15.9 Å². The molecule has 0 atom stereocenters. The molecule has 1 aromatic heterocycles. The molecule has 0 unspecified atom stereocenters. The molecule has 0 bridgehead atoms. The Morgan fingerprint density at radius 3 is 2.18 bits per heavy atom. The van der Waals surface area contributed by atoms with Crippen molar-refractivity contribution in [2.75, 3.05) is 16.3 Å². The molecular weight excluding hydrogens is 528 g/mol. The zero-order chi connectivity index (χ0) is 26.9. The van der Waals surface area contributed by atoms with Crippen molar-refractivity contribution in [1.82, 2.24) is 4.98 Å². The van der Waals surface area contributed by atoms with E-state index in [1.165, 1.54) is 46.6 Å². The third-order valence-corrected chi connectivity index (χ3v) is 8.77. The number of benzene rings is 4. The van der Waals surface area contributed by atoms with Crippen molar-refractivity contribution in [3.05, 3.63) is 120 Å². The molecule has 192 valence electrons. The average molecular weight is 550 g/mol. The van der Waals surface area contributed by atoms with E-state index in [0.29, 0.717) is 5.69 Å². The molecule has 1 heterocycles. The molecule has 5 aromatic rings. The molecule has 1 amide bonds. The summed E-state index contributed by atoms with van der Waals surface area (Å²) in [5, 5.41) is 0.193. The summed E-state index contributed by atoms with van der Waals surface area (Å²) in [5.41, 5.74) is 1.49. The molecule has 0 spiro atoms. The summed E-state index contributed by atoms with van der Waals surface area (Å²) in [6.45, 7) is 0.125. The normalized spacial score (nSPS) is 11.4. The second kappa shape index (κ2) is 10.3. The first-order valence-corrected chi connectivity index (χ1v) is 13.7. The fourth-order valence-corrected chi connectivity index (χ4v) is 6.11. The number of carbonyl (C=O) groups excluding carboxylic acids is 1. The zero-order valence-corrected chi connectivity index (χ0v) is 21.7. The van der Waals surface area contributed by atoms with Gasteiger partial charge in [0.2, 0.25) is 0 Å². The molecule has 0 saturated heterocycles. The van der Waals surface area contributed by atoms with E-state index >= 15 is 0 Å². The first kappa shape index (κ1) is 25.5. The van der Waals surface area contributed by atoms with Crippen LogP contribution in [0.2, 0.25) is 0 Å². The smallest absolute Gasteiger partial charge is 0.264 e. The van der Waals surface area contributed by atoms with Gasteiger partial charge in [0.05, 0.1) is 21.8 Å². The summed E-state index contributed by atoms with van der Waals surface area (Å²) in [4.78, 5) is 19.3. The van der Waals surface area contributed by atoms with Gasteiger partial charge in [-0.25, -0.2) is 22.2 Å². The number of hydrogen-bond donors (Lipinski definition) is 0. The van der Waals surface area contributed by atoms with Crippen molar-refractivity contribution < 1.29 is 22.0 Å². The average Bonchev–Trinajstić information content (AvgIpc) is 3.36. The molecule has 0 radical (unpaired) electrons. The fourth-order valence-electron chi connectivity index (χ4n) is 3.91. The van der Waals surface area contributed by atoms with Gasteiger partial charge in [-0.05, 0) is 48.0 Å². The van der Waals surface area contributed by atoms with Crippen LogP contribution < -0.4 is 9.21 Å². The molecule has 0 saturated carbocycles. The summed E-state index contributed by atoms with van der Waals surface area (Å²) in [5.74, 6) is -2.01. The van der Waals surface area contributed by atoms with E-state index < -0.39 is 27.6 Å². The van der Waals surface area contributed by atoms with Crippen molar-refractivity contribution >= 4 is 48.3 Å². The lowest BCUT2D eigenvalue weighted by Gasteiger charge is -2.21. The molecule has 0 aliphatic heterocycles. The number of halogens is 2. The van der Waals surface area contributed by atoms with Gasteiger partial charge in [-0.1, -0.05) is 59.9 Å². The van der Waals surface area contributed by atoms with Crippen LogP contribution in [0.4, 0.5) is 19.6 Å². The maximum absolute atomic E-state index is 14.4. The topological polar surface area (TPSA) is 70.6 Å². The van der Waals surface area contributed by atoms with E-state index in [1.807, 2.05) is 30.3 Å². The highest BCUT2D eigenvalue weighted by molar-refractivity contribution is 7.92. The minimum atomic E-state index is -3.86. The van der Waals surface area contributed by atoms with E-state index in [2.05, 4.69) is 4.98 Å². The number of sulfonamides is 1. The van der Waals surface area contributed by atoms with E-state index in [1.54, 1.807) is 30.3 Å². The number of carbonyl (C=O) groups is 1. The SMILES string of the molecule is CN(c1ccccc1)S(=O)(=O)c1ccc(C(=O)N(Cc2ccccc2)c2nc3c(F)cc(F)cc3s2)cc1. The molecule has 0 fully saturated rings. The molecule has 6 nitrogen and oxygen atoms in total. The summed E-state index contributed by atoms with van der Waals surface area (Å²) >= 11 is 0.996. The third kappa shape index (κ3) is 5.00. The van der Waals surface area contributed by atoms with Gasteiger partial charge in [0.15, 0.2) is 10.9 Å². The minimum Gasteiger partial charge on any atom is -0.279 e. The molecule has 0 aliphatic rings. The third-order valence-electron chi connectivity index (χ3n) is 5.94. The van der Waals surface area contributed by atoms with Crippen LogP contribution in [0.15, 0.2) is 102 Å². The predicted molar refractivity (Wildman–Crippen MR) is 145 cm³/mol. The maximum Gasteiger partial charge on any atom is 0.264 e. The number of aromatic nitrogens is 1. The molecule has 0 aliphatic carbocycles. The highest BCUT2D eigenvalue weighted by atomic mass is 32.2. The van der Waals surface area contributed by atoms with Crippen molar-refractivity contribution in [3.63, 3.8) is 0 Å². The number of amides is 1. The van der Waals surface area contributed by atoms with E-state index in [9.17, 15) is 22.0 Å². The molecule has 0 N–H and O–H groups in total. The van der Waals surface area contributed by atoms with Crippen molar-refractivity contribution in [1.29, 1.82) is 0 Å². The monoisotopic (exact) mass is 549 g/mol. The van der Waals surface area contributed by atoms with Crippen LogP contribution in [0, 0.1) is 11.6 Å². The van der Waals surface area contributed by atoms with Crippen LogP contribution in [-0.2, 0) is 16.6 Å². The lowest BCUT2D eigenvalue weighted by atomic mass is 10.1. The van der Waals surface area contributed by atoms with E-state index in [4.69, 9.17) is 0 Å². The number of hydrogen-bond acceptors (Lipinski definition) is 5. The van der Waals surface area contributed by atoms with Gasteiger partial charge >= 0.3 is 0 Å². The van der Waals surface area contributed by atoms with Crippen LogP contribution in [0.3, 0.4) is 0 Å². The summed E-state index contributed by atoms with van der Waals surface area (Å²) < 4.78 is 55.8. The quantitative estimate of drug-likeness (QED) is 0.241. The Hall–Kier alpha value is -4.15. The number of nitrogens with zero attached hydrogens (tertiary/aromatic N) is 3. The van der Waals surface area contributed by atoms with Crippen LogP contribution in [0.1, 0.15) is 15.9 Å². The van der Waals surface area contributed by atoms with Crippen LogP contribution in [0.5, 0.6) is 0 Å². The molecule has 4 aromatic carbocycles. The van der Waals surface area contributed by atoms with Gasteiger partial charge < -0.3 is 0 Å². The Bertz CT molecular complexity index is 1710. The number of anilines is 2. The van der Waals surface area contributed by atoms with Crippen LogP contribution in [-0.4, -0.2) is 26.4 Å². The van der Waals surface area contributed by atoms with Gasteiger partial charge in [0.1, 0.15) is 11.3 Å². The molecular formula is C28H21F2N3O3S2. The number of para-hydroxylation sites is 1. The largest absolute Gasteiger partial charge is 0.279 e. The first-order valence-electron chi connectivity index (χ1n) is 11.5. The van der Waals surface area contributed by atoms with Crippen LogP contribution >= 0.6 is 11.3 Å². The Labute approximate surface area is 222 Å². The summed E-state index contributed by atoms with van der Waals surface area (Å²) in [6, 6.07) is 25.3. The standard InChI is InChI=1S/C28H21F2N3O3S2/c1-32(22-10-6-3-7-11-22)38(35,36)23-14-12-20(13-15-23)27(34)33(18-19-8-4-2-5-9-19)28-31-26-24(30)16-21(29)17-25(26)37-28/h2-17H,18H2,1H3. The first-order chi connectivity index (χ1) is 18.2. The lowest BCUT2D eigenvalue weighted by molar-refractivity contribution is 0.0985. The number of fused-ring (bicyclic) bond motifs is 1. The Balaban J connectivity index is 1.49. The Morgan fingerprint density at radius 1 is 0.895 bits per heavy atom. The fraction of sp³-hybridized carbons (Fsp3) is 0.0714. The summed E-state index contributed by atoms with van der Waals surface area (Å²) in [6.07, 6.45) is 0. The summed E-state index contributed by atoms with van der Waals surface area (Å²) in [7, 11) is -2.40. The van der Waals surface area contributed by atoms with Crippen molar-refractivity contribution in [3.8, 4) is 0 Å². The number of rotatable bonds is 7. The van der Waals surface area contributed by atoms with E-state index in [-0.39, 0.29) is 32.4 Å². The van der Waals surface area contributed by atoms with Crippen molar-refractivity contribution in [2.45, 2.75) is 11.4 Å². The second-order valence-electron chi connectivity index (χ2n) is 8.44. The zero-order valence-electron chi connectivity index (χ0n) is 20.1. The van der Waals surface area contributed by atoms with Gasteiger partial charge in [0, 0.05) is 18.7 Å².